The van der Waals surface area contributed by atoms with Crippen LogP contribution < -0.4 is 5.32 Å². The number of amides is 1. The van der Waals surface area contributed by atoms with E-state index in [9.17, 15) is 4.79 Å². The smallest absolute Gasteiger partial charge is 0.255 e. The first-order valence-corrected chi connectivity index (χ1v) is 7.33. The van der Waals surface area contributed by atoms with Gasteiger partial charge in [-0.15, -0.1) is 0 Å². The topological polar surface area (TPSA) is 59.8 Å². The summed E-state index contributed by atoms with van der Waals surface area (Å²) in [6.45, 7) is 8.74. The summed E-state index contributed by atoms with van der Waals surface area (Å²) in [5.74, 6) is -0.0934. The quantitative estimate of drug-likeness (QED) is 0.919. The lowest BCUT2D eigenvalue weighted by atomic mass is 10.1. The van der Waals surface area contributed by atoms with Gasteiger partial charge in [-0.1, -0.05) is 13.0 Å². The van der Waals surface area contributed by atoms with E-state index in [4.69, 9.17) is 0 Å². The minimum Gasteiger partial charge on any atom is -0.344 e. The molecule has 0 spiro atoms. The van der Waals surface area contributed by atoms with Crippen LogP contribution in [0.15, 0.2) is 24.5 Å². The highest BCUT2D eigenvalue weighted by Crippen LogP contribution is 2.19. The van der Waals surface area contributed by atoms with Crippen molar-refractivity contribution in [3.63, 3.8) is 0 Å². The Morgan fingerprint density at radius 1 is 1.38 bits per heavy atom. The molecule has 2 rings (SSSR count). The van der Waals surface area contributed by atoms with Gasteiger partial charge in [0.05, 0.1) is 23.5 Å². The standard InChI is InChI=1S/C16H22N4O/c1-5-14(15-11(3)8-7-9-17-15)19-16(21)13-10-18-20(6-2)12(13)4/h7-10,14H,5-6H2,1-4H3,(H,19,21)/t14-/m1/s1. The summed E-state index contributed by atoms with van der Waals surface area (Å²) in [4.78, 5) is 16.9. The van der Waals surface area contributed by atoms with E-state index in [1.807, 2.05) is 44.5 Å². The fraction of sp³-hybridized carbons (Fsp3) is 0.438. The molecule has 0 aromatic carbocycles. The molecule has 0 unspecified atom stereocenters. The van der Waals surface area contributed by atoms with Gasteiger partial charge in [0.1, 0.15) is 0 Å². The number of nitrogens with one attached hydrogen (secondary N) is 1. The highest BCUT2D eigenvalue weighted by Gasteiger charge is 2.19. The van der Waals surface area contributed by atoms with Gasteiger partial charge in [-0.25, -0.2) is 0 Å². The van der Waals surface area contributed by atoms with Gasteiger partial charge in [0.15, 0.2) is 0 Å². The van der Waals surface area contributed by atoms with Crippen LogP contribution in [0.3, 0.4) is 0 Å². The zero-order chi connectivity index (χ0) is 15.4. The molecule has 0 aliphatic carbocycles. The number of aromatic nitrogens is 3. The van der Waals surface area contributed by atoms with Gasteiger partial charge in [-0.2, -0.15) is 5.10 Å². The predicted molar refractivity (Wildman–Crippen MR) is 82.1 cm³/mol. The summed E-state index contributed by atoms with van der Waals surface area (Å²) in [5.41, 5.74) is 3.53. The molecular weight excluding hydrogens is 264 g/mol. The Kier molecular flexibility index (Phi) is 4.73. The van der Waals surface area contributed by atoms with E-state index in [2.05, 4.69) is 15.4 Å². The van der Waals surface area contributed by atoms with Crippen LogP contribution in [0.5, 0.6) is 0 Å². The van der Waals surface area contributed by atoms with Crippen LogP contribution in [0.2, 0.25) is 0 Å². The van der Waals surface area contributed by atoms with Gasteiger partial charge in [-0.05, 0) is 38.8 Å². The van der Waals surface area contributed by atoms with Crippen molar-refractivity contribution < 1.29 is 4.79 Å². The number of hydrogen-bond donors (Lipinski definition) is 1. The average molecular weight is 286 g/mol. The minimum atomic E-state index is -0.0934. The Hall–Kier alpha value is -2.17. The molecular formula is C16H22N4O. The largest absolute Gasteiger partial charge is 0.344 e. The Balaban J connectivity index is 2.20. The van der Waals surface area contributed by atoms with Crippen molar-refractivity contribution in [2.24, 2.45) is 0 Å². The van der Waals surface area contributed by atoms with E-state index in [0.29, 0.717) is 5.56 Å². The third-order valence-electron chi connectivity index (χ3n) is 3.74. The highest BCUT2D eigenvalue weighted by molar-refractivity contribution is 5.95. The van der Waals surface area contributed by atoms with Crippen molar-refractivity contribution in [1.29, 1.82) is 0 Å². The van der Waals surface area contributed by atoms with Crippen LogP contribution in [0.25, 0.3) is 0 Å². The average Bonchev–Trinajstić information content (AvgIpc) is 2.86. The molecule has 0 saturated heterocycles. The lowest BCUT2D eigenvalue weighted by Crippen LogP contribution is -2.29. The van der Waals surface area contributed by atoms with Crippen molar-refractivity contribution in [1.82, 2.24) is 20.1 Å². The van der Waals surface area contributed by atoms with Crippen LogP contribution in [0.1, 0.15) is 53.6 Å². The monoisotopic (exact) mass is 286 g/mol. The Bertz CT molecular complexity index is 633. The molecule has 112 valence electrons. The van der Waals surface area contributed by atoms with Crippen molar-refractivity contribution >= 4 is 5.91 Å². The summed E-state index contributed by atoms with van der Waals surface area (Å²) < 4.78 is 1.82. The molecule has 0 fully saturated rings. The summed E-state index contributed by atoms with van der Waals surface area (Å²) >= 11 is 0. The number of nitrogens with zero attached hydrogens (tertiary/aromatic N) is 3. The van der Waals surface area contributed by atoms with Crippen LogP contribution in [0, 0.1) is 13.8 Å². The van der Waals surface area contributed by atoms with E-state index < -0.39 is 0 Å². The normalized spacial score (nSPS) is 12.2. The molecule has 2 aromatic rings. The third-order valence-corrected chi connectivity index (χ3v) is 3.74. The first-order valence-electron chi connectivity index (χ1n) is 7.33. The van der Waals surface area contributed by atoms with Crippen molar-refractivity contribution in [2.75, 3.05) is 0 Å². The van der Waals surface area contributed by atoms with Crippen LogP contribution in [-0.2, 0) is 6.54 Å². The zero-order valence-corrected chi connectivity index (χ0v) is 13.1. The van der Waals surface area contributed by atoms with E-state index in [0.717, 1.165) is 29.9 Å². The molecule has 21 heavy (non-hydrogen) atoms. The second-order valence-electron chi connectivity index (χ2n) is 5.10. The molecule has 1 N–H and O–H groups in total. The van der Waals surface area contributed by atoms with Crippen LogP contribution in [-0.4, -0.2) is 20.7 Å². The molecule has 2 heterocycles. The second kappa shape index (κ2) is 6.52. The van der Waals surface area contributed by atoms with Crippen molar-refractivity contribution in [3.8, 4) is 0 Å². The molecule has 5 heteroatoms. The number of rotatable bonds is 5. The number of carbonyl (C=O) groups excluding carboxylic acids is 1. The maximum absolute atomic E-state index is 12.5. The predicted octanol–water partition coefficient (Wildman–Crippen LogP) is 2.80. The number of pyridine rings is 1. The molecule has 1 atom stereocenters. The van der Waals surface area contributed by atoms with E-state index in [-0.39, 0.29) is 11.9 Å². The minimum absolute atomic E-state index is 0.0805. The summed E-state index contributed by atoms with van der Waals surface area (Å²) in [6, 6.07) is 3.84. The lowest BCUT2D eigenvalue weighted by Gasteiger charge is -2.18. The molecule has 0 aliphatic heterocycles. The highest BCUT2D eigenvalue weighted by atomic mass is 16.1. The number of aryl methyl sites for hydroxylation is 2. The summed E-state index contributed by atoms with van der Waals surface area (Å²) in [6.07, 6.45) is 4.19. The molecule has 0 radical (unpaired) electrons. The van der Waals surface area contributed by atoms with Gasteiger partial charge >= 0.3 is 0 Å². The van der Waals surface area contributed by atoms with Gasteiger partial charge in [0, 0.05) is 18.4 Å². The first-order chi connectivity index (χ1) is 10.1. The SMILES string of the molecule is CC[C@@H](NC(=O)c1cnn(CC)c1C)c1ncccc1C. The molecule has 5 nitrogen and oxygen atoms in total. The van der Waals surface area contributed by atoms with Crippen molar-refractivity contribution in [3.05, 3.63) is 47.0 Å². The maximum Gasteiger partial charge on any atom is 0.255 e. The van der Waals surface area contributed by atoms with Gasteiger partial charge in [-0.3, -0.25) is 14.5 Å². The summed E-state index contributed by atoms with van der Waals surface area (Å²) in [7, 11) is 0. The van der Waals surface area contributed by atoms with Gasteiger partial charge < -0.3 is 5.32 Å². The zero-order valence-electron chi connectivity index (χ0n) is 13.1. The Morgan fingerprint density at radius 2 is 2.14 bits per heavy atom. The van der Waals surface area contributed by atoms with Crippen molar-refractivity contribution in [2.45, 2.75) is 46.7 Å². The first kappa shape index (κ1) is 15.2. The molecule has 0 bridgehead atoms. The summed E-state index contributed by atoms with van der Waals surface area (Å²) in [5, 5.41) is 7.28. The number of hydrogen-bond acceptors (Lipinski definition) is 3. The Morgan fingerprint density at radius 3 is 2.71 bits per heavy atom. The molecule has 0 saturated carbocycles. The molecule has 0 aliphatic rings. The third kappa shape index (κ3) is 3.12. The van der Waals surface area contributed by atoms with E-state index in [1.165, 1.54) is 0 Å². The second-order valence-corrected chi connectivity index (χ2v) is 5.10. The van der Waals surface area contributed by atoms with Gasteiger partial charge in [0.2, 0.25) is 0 Å². The Labute approximate surface area is 125 Å². The van der Waals surface area contributed by atoms with Gasteiger partial charge in [0.25, 0.3) is 5.91 Å². The van der Waals surface area contributed by atoms with Crippen LogP contribution in [0.4, 0.5) is 0 Å². The number of carbonyl (C=O) groups is 1. The van der Waals surface area contributed by atoms with E-state index in [1.54, 1.807) is 12.4 Å². The fourth-order valence-electron chi connectivity index (χ4n) is 2.45. The molecule has 1 amide bonds. The maximum atomic E-state index is 12.5. The van der Waals surface area contributed by atoms with Crippen LogP contribution >= 0.6 is 0 Å². The fourth-order valence-corrected chi connectivity index (χ4v) is 2.45. The van der Waals surface area contributed by atoms with E-state index >= 15 is 0 Å². The lowest BCUT2D eigenvalue weighted by molar-refractivity contribution is 0.0934. The molecule has 2 aromatic heterocycles.